The minimum absolute atomic E-state index is 0.0235. The smallest absolute Gasteiger partial charge is 0.353 e. The summed E-state index contributed by atoms with van der Waals surface area (Å²) in [5, 5.41) is 5.07. The molecular formula is C10H16F3N3O2. The van der Waals surface area contributed by atoms with E-state index in [9.17, 15) is 22.8 Å². The predicted octanol–water partition coefficient (Wildman–Crippen LogP) is -0.125. The van der Waals surface area contributed by atoms with Gasteiger partial charge < -0.3 is 10.2 Å². The number of alkyl halides is 3. The van der Waals surface area contributed by atoms with Crippen LogP contribution in [0.15, 0.2) is 0 Å². The molecule has 1 atom stereocenters. The van der Waals surface area contributed by atoms with Gasteiger partial charge in [0.05, 0.1) is 6.54 Å². The quantitative estimate of drug-likeness (QED) is 0.746. The third-order valence-electron chi connectivity index (χ3n) is 2.49. The largest absolute Gasteiger partial charge is 0.406 e. The number of amides is 2. The van der Waals surface area contributed by atoms with Crippen molar-refractivity contribution >= 4 is 11.8 Å². The van der Waals surface area contributed by atoms with Crippen LogP contribution in [-0.4, -0.2) is 55.1 Å². The van der Waals surface area contributed by atoms with E-state index in [1.807, 2.05) is 0 Å². The van der Waals surface area contributed by atoms with Gasteiger partial charge in [0.15, 0.2) is 0 Å². The lowest BCUT2D eigenvalue weighted by Gasteiger charge is -2.30. The maximum Gasteiger partial charge on any atom is 0.406 e. The van der Waals surface area contributed by atoms with E-state index in [1.165, 1.54) is 0 Å². The first-order valence-corrected chi connectivity index (χ1v) is 5.69. The van der Waals surface area contributed by atoms with E-state index in [-0.39, 0.29) is 25.5 Å². The van der Waals surface area contributed by atoms with Crippen LogP contribution in [0.2, 0.25) is 0 Å². The zero-order valence-corrected chi connectivity index (χ0v) is 10.0. The van der Waals surface area contributed by atoms with Crippen molar-refractivity contribution in [1.82, 2.24) is 15.5 Å². The number of carbonyl (C=O) groups excluding carboxylic acids is 2. The Morgan fingerprint density at radius 1 is 1.50 bits per heavy atom. The van der Waals surface area contributed by atoms with Gasteiger partial charge in [-0.2, -0.15) is 13.2 Å². The molecule has 0 aromatic heterocycles. The van der Waals surface area contributed by atoms with Crippen molar-refractivity contribution in [3.63, 3.8) is 0 Å². The molecule has 1 saturated heterocycles. The SMILES string of the molecule is CCCN(CC(F)(F)F)C(=O)C1CNC(=O)CN1. The molecule has 0 aromatic carbocycles. The van der Waals surface area contributed by atoms with Gasteiger partial charge in [-0.1, -0.05) is 6.92 Å². The molecule has 8 heteroatoms. The Bertz CT molecular complexity index is 310. The minimum atomic E-state index is -4.41. The monoisotopic (exact) mass is 267 g/mol. The van der Waals surface area contributed by atoms with Gasteiger partial charge in [0.25, 0.3) is 0 Å². The predicted molar refractivity (Wildman–Crippen MR) is 57.7 cm³/mol. The van der Waals surface area contributed by atoms with E-state index in [2.05, 4.69) is 10.6 Å². The standard InChI is InChI=1S/C10H16F3N3O2/c1-2-3-16(6-10(11,12)13)9(18)7-4-15-8(17)5-14-7/h7,14H,2-6H2,1H3,(H,15,17). The number of carbonyl (C=O) groups is 2. The molecule has 18 heavy (non-hydrogen) atoms. The molecule has 1 fully saturated rings. The summed E-state index contributed by atoms with van der Waals surface area (Å²) in [6.07, 6.45) is -3.97. The summed E-state index contributed by atoms with van der Waals surface area (Å²) < 4.78 is 37.0. The number of hydrogen-bond donors (Lipinski definition) is 2. The van der Waals surface area contributed by atoms with Crippen molar-refractivity contribution in [2.45, 2.75) is 25.6 Å². The zero-order valence-electron chi connectivity index (χ0n) is 10.0. The Kier molecular flexibility index (Phi) is 4.94. The zero-order chi connectivity index (χ0) is 13.8. The van der Waals surface area contributed by atoms with Crippen LogP contribution in [0.5, 0.6) is 0 Å². The molecule has 0 aliphatic carbocycles. The number of nitrogens with zero attached hydrogens (tertiary/aromatic N) is 1. The lowest BCUT2D eigenvalue weighted by Crippen LogP contribution is -2.59. The highest BCUT2D eigenvalue weighted by atomic mass is 19.4. The topological polar surface area (TPSA) is 61.4 Å². The van der Waals surface area contributed by atoms with Crippen molar-refractivity contribution in [2.24, 2.45) is 0 Å². The summed E-state index contributed by atoms with van der Waals surface area (Å²) in [5.74, 6) is -0.897. The Labute approximate surface area is 103 Å². The van der Waals surface area contributed by atoms with Crippen LogP contribution in [0, 0.1) is 0 Å². The molecule has 1 unspecified atom stereocenters. The van der Waals surface area contributed by atoms with Crippen LogP contribution < -0.4 is 10.6 Å². The average Bonchev–Trinajstić information content (AvgIpc) is 2.27. The fourth-order valence-electron chi connectivity index (χ4n) is 1.71. The van der Waals surface area contributed by atoms with E-state index >= 15 is 0 Å². The highest BCUT2D eigenvalue weighted by molar-refractivity contribution is 5.86. The van der Waals surface area contributed by atoms with E-state index in [0.717, 1.165) is 4.90 Å². The lowest BCUT2D eigenvalue weighted by atomic mass is 10.2. The van der Waals surface area contributed by atoms with Crippen LogP contribution in [0.1, 0.15) is 13.3 Å². The second kappa shape index (κ2) is 6.03. The molecular weight excluding hydrogens is 251 g/mol. The van der Waals surface area contributed by atoms with Crippen molar-refractivity contribution in [3.05, 3.63) is 0 Å². The molecule has 0 bridgehead atoms. The summed E-state index contributed by atoms with van der Waals surface area (Å²) in [6, 6.07) is -0.781. The summed E-state index contributed by atoms with van der Waals surface area (Å²) in [7, 11) is 0. The number of nitrogens with one attached hydrogen (secondary N) is 2. The molecule has 2 amide bonds. The second-order valence-electron chi connectivity index (χ2n) is 4.11. The molecule has 1 heterocycles. The maximum absolute atomic E-state index is 12.3. The molecule has 2 N–H and O–H groups in total. The van der Waals surface area contributed by atoms with Gasteiger partial charge in [-0.15, -0.1) is 0 Å². The molecule has 1 aliphatic heterocycles. The van der Waals surface area contributed by atoms with Gasteiger partial charge in [-0.05, 0) is 6.42 Å². The fraction of sp³-hybridized carbons (Fsp3) is 0.800. The van der Waals surface area contributed by atoms with Crippen LogP contribution in [-0.2, 0) is 9.59 Å². The first-order valence-electron chi connectivity index (χ1n) is 5.69. The summed E-state index contributed by atoms with van der Waals surface area (Å²) in [6.45, 7) is 0.459. The molecule has 1 rings (SSSR count). The maximum atomic E-state index is 12.3. The summed E-state index contributed by atoms with van der Waals surface area (Å²) >= 11 is 0. The Balaban J connectivity index is 2.61. The molecule has 0 spiro atoms. The van der Waals surface area contributed by atoms with Crippen LogP contribution >= 0.6 is 0 Å². The van der Waals surface area contributed by atoms with Crippen molar-refractivity contribution < 1.29 is 22.8 Å². The third-order valence-corrected chi connectivity index (χ3v) is 2.49. The second-order valence-corrected chi connectivity index (χ2v) is 4.11. The minimum Gasteiger partial charge on any atom is -0.353 e. The van der Waals surface area contributed by atoms with Gasteiger partial charge in [0.1, 0.15) is 12.6 Å². The average molecular weight is 267 g/mol. The summed E-state index contributed by atoms with van der Waals surface area (Å²) in [5.41, 5.74) is 0. The fourth-order valence-corrected chi connectivity index (χ4v) is 1.71. The Hall–Kier alpha value is -1.31. The molecule has 104 valence electrons. The Morgan fingerprint density at radius 3 is 2.61 bits per heavy atom. The van der Waals surface area contributed by atoms with Gasteiger partial charge in [-0.3, -0.25) is 14.9 Å². The van der Waals surface area contributed by atoms with Crippen molar-refractivity contribution in [2.75, 3.05) is 26.2 Å². The molecule has 1 aliphatic rings. The Morgan fingerprint density at radius 2 is 2.17 bits per heavy atom. The highest BCUT2D eigenvalue weighted by Crippen LogP contribution is 2.17. The molecule has 0 aromatic rings. The van der Waals surface area contributed by atoms with Crippen molar-refractivity contribution in [3.8, 4) is 0 Å². The number of halogens is 3. The molecule has 0 radical (unpaired) electrons. The van der Waals surface area contributed by atoms with Gasteiger partial charge >= 0.3 is 6.18 Å². The highest BCUT2D eigenvalue weighted by Gasteiger charge is 2.35. The summed E-state index contributed by atoms with van der Waals surface area (Å²) in [4.78, 5) is 23.5. The van der Waals surface area contributed by atoms with E-state index < -0.39 is 24.7 Å². The first-order chi connectivity index (χ1) is 8.33. The van der Waals surface area contributed by atoms with E-state index in [4.69, 9.17) is 0 Å². The lowest BCUT2D eigenvalue weighted by molar-refractivity contribution is -0.162. The van der Waals surface area contributed by atoms with E-state index in [0.29, 0.717) is 6.42 Å². The molecule has 0 saturated carbocycles. The van der Waals surface area contributed by atoms with Crippen LogP contribution in [0.4, 0.5) is 13.2 Å². The van der Waals surface area contributed by atoms with Gasteiger partial charge in [0.2, 0.25) is 11.8 Å². The van der Waals surface area contributed by atoms with Crippen LogP contribution in [0.3, 0.4) is 0 Å². The van der Waals surface area contributed by atoms with Gasteiger partial charge in [0, 0.05) is 13.1 Å². The third kappa shape index (κ3) is 4.52. The number of piperazine rings is 1. The van der Waals surface area contributed by atoms with Crippen molar-refractivity contribution in [1.29, 1.82) is 0 Å². The van der Waals surface area contributed by atoms with Gasteiger partial charge in [-0.25, -0.2) is 0 Å². The normalized spacial score (nSPS) is 20.4. The van der Waals surface area contributed by atoms with Crippen LogP contribution in [0.25, 0.3) is 0 Å². The molecule has 5 nitrogen and oxygen atoms in total. The van der Waals surface area contributed by atoms with E-state index in [1.54, 1.807) is 6.92 Å². The number of hydrogen-bond acceptors (Lipinski definition) is 3. The number of rotatable bonds is 4. The first kappa shape index (κ1) is 14.7.